The molecule has 74 valence electrons. The van der Waals surface area contributed by atoms with Crippen LogP contribution in [-0.4, -0.2) is 25.3 Å². The SMILES string of the molecule is Clc1cc2cnn3nnnc3c2cc1Cl. The third kappa shape index (κ3) is 1.24. The lowest BCUT2D eigenvalue weighted by Gasteiger charge is -2.00. The summed E-state index contributed by atoms with van der Waals surface area (Å²) in [6.45, 7) is 0. The molecular formula is C8H3Cl2N5. The van der Waals surface area contributed by atoms with Crippen molar-refractivity contribution in [2.45, 2.75) is 0 Å². The Labute approximate surface area is 93.6 Å². The van der Waals surface area contributed by atoms with E-state index in [1.165, 1.54) is 4.63 Å². The zero-order valence-electron chi connectivity index (χ0n) is 7.22. The highest BCUT2D eigenvalue weighted by Crippen LogP contribution is 2.28. The van der Waals surface area contributed by atoms with E-state index in [9.17, 15) is 0 Å². The number of hydrogen-bond acceptors (Lipinski definition) is 4. The highest BCUT2D eigenvalue weighted by Gasteiger charge is 2.07. The number of rotatable bonds is 0. The predicted molar refractivity (Wildman–Crippen MR) is 56.1 cm³/mol. The van der Waals surface area contributed by atoms with E-state index in [2.05, 4.69) is 20.6 Å². The van der Waals surface area contributed by atoms with Gasteiger partial charge >= 0.3 is 0 Å². The van der Waals surface area contributed by atoms with Gasteiger partial charge in [-0.3, -0.25) is 0 Å². The Morgan fingerprint density at radius 1 is 1.13 bits per heavy atom. The topological polar surface area (TPSA) is 56.0 Å². The Kier molecular flexibility index (Phi) is 1.77. The molecule has 0 aliphatic heterocycles. The number of tetrazole rings is 1. The first-order valence-corrected chi connectivity index (χ1v) is 4.83. The largest absolute Gasteiger partial charge is 0.207 e. The van der Waals surface area contributed by atoms with E-state index in [-0.39, 0.29) is 0 Å². The Morgan fingerprint density at radius 3 is 2.80 bits per heavy atom. The number of nitrogens with zero attached hydrogens (tertiary/aromatic N) is 5. The molecule has 0 unspecified atom stereocenters. The summed E-state index contributed by atoms with van der Waals surface area (Å²) in [5.41, 5.74) is 0.561. The van der Waals surface area contributed by atoms with Crippen LogP contribution in [-0.2, 0) is 0 Å². The molecule has 0 bridgehead atoms. The van der Waals surface area contributed by atoms with Crippen molar-refractivity contribution in [3.05, 3.63) is 28.4 Å². The lowest BCUT2D eigenvalue weighted by Crippen LogP contribution is -1.93. The van der Waals surface area contributed by atoms with Crippen LogP contribution in [0.25, 0.3) is 16.4 Å². The number of aromatic nitrogens is 5. The zero-order chi connectivity index (χ0) is 10.4. The molecule has 3 aromatic rings. The summed E-state index contributed by atoms with van der Waals surface area (Å²) in [6, 6.07) is 3.47. The smallest absolute Gasteiger partial charge is 0.155 e. The molecule has 2 heterocycles. The molecule has 2 aromatic heterocycles. The van der Waals surface area contributed by atoms with Crippen LogP contribution in [0.15, 0.2) is 18.3 Å². The Bertz CT molecular complexity index is 662. The molecule has 0 spiro atoms. The van der Waals surface area contributed by atoms with Crippen molar-refractivity contribution >= 4 is 39.6 Å². The second-order valence-electron chi connectivity index (χ2n) is 2.99. The summed E-state index contributed by atoms with van der Waals surface area (Å²) in [7, 11) is 0. The second-order valence-corrected chi connectivity index (χ2v) is 3.80. The van der Waals surface area contributed by atoms with Gasteiger partial charge in [-0.05, 0) is 22.6 Å². The van der Waals surface area contributed by atoms with Crippen molar-refractivity contribution in [1.29, 1.82) is 0 Å². The Morgan fingerprint density at radius 2 is 1.93 bits per heavy atom. The monoisotopic (exact) mass is 239 g/mol. The van der Waals surface area contributed by atoms with Gasteiger partial charge in [0.25, 0.3) is 0 Å². The zero-order valence-corrected chi connectivity index (χ0v) is 8.74. The van der Waals surface area contributed by atoms with E-state index in [1.54, 1.807) is 18.3 Å². The molecule has 15 heavy (non-hydrogen) atoms. The van der Waals surface area contributed by atoms with E-state index in [1.807, 2.05) is 0 Å². The number of fused-ring (bicyclic) bond motifs is 3. The Balaban J connectivity index is 2.57. The standard InChI is InChI=1S/C8H3Cl2N5/c9-6-1-4-3-11-15-8(12-13-14-15)5(4)2-7(6)10/h1-3H. The highest BCUT2D eigenvalue weighted by molar-refractivity contribution is 6.43. The maximum atomic E-state index is 5.92. The third-order valence-corrected chi connectivity index (χ3v) is 2.82. The Hall–Kier alpha value is -1.46. The molecule has 5 nitrogen and oxygen atoms in total. The number of hydrogen-bond donors (Lipinski definition) is 0. The van der Waals surface area contributed by atoms with Gasteiger partial charge in [-0.1, -0.05) is 23.2 Å². The normalized spacial score (nSPS) is 11.3. The van der Waals surface area contributed by atoms with Crippen molar-refractivity contribution in [1.82, 2.24) is 25.3 Å². The summed E-state index contributed by atoms with van der Waals surface area (Å²) in [5.74, 6) is 0. The fourth-order valence-corrected chi connectivity index (χ4v) is 1.74. The summed E-state index contributed by atoms with van der Waals surface area (Å²) in [5, 5.41) is 17.7. The average molecular weight is 240 g/mol. The van der Waals surface area contributed by atoms with Crippen molar-refractivity contribution < 1.29 is 0 Å². The lowest BCUT2D eigenvalue weighted by atomic mass is 10.2. The maximum Gasteiger partial charge on any atom is 0.207 e. The van der Waals surface area contributed by atoms with Crippen LogP contribution in [0.2, 0.25) is 10.0 Å². The minimum atomic E-state index is 0.472. The molecule has 0 saturated carbocycles. The van der Waals surface area contributed by atoms with Gasteiger partial charge in [0.1, 0.15) is 0 Å². The van der Waals surface area contributed by atoms with Crippen molar-refractivity contribution in [2.24, 2.45) is 0 Å². The summed E-state index contributed by atoms with van der Waals surface area (Å²) in [4.78, 5) is 0. The minimum absolute atomic E-state index is 0.472. The molecule has 0 N–H and O–H groups in total. The minimum Gasteiger partial charge on any atom is -0.155 e. The first-order chi connectivity index (χ1) is 7.25. The summed E-state index contributed by atoms with van der Waals surface area (Å²) in [6.07, 6.45) is 1.64. The van der Waals surface area contributed by atoms with Crippen molar-refractivity contribution in [3.63, 3.8) is 0 Å². The van der Waals surface area contributed by atoms with E-state index in [0.717, 1.165) is 10.8 Å². The van der Waals surface area contributed by atoms with E-state index in [4.69, 9.17) is 23.2 Å². The van der Waals surface area contributed by atoms with E-state index in [0.29, 0.717) is 15.7 Å². The molecule has 0 radical (unpaired) electrons. The third-order valence-electron chi connectivity index (χ3n) is 2.09. The second kappa shape index (κ2) is 3.01. The van der Waals surface area contributed by atoms with Gasteiger partial charge < -0.3 is 0 Å². The van der Waals surface area contributed by atoms with Crippen LogP contribution >= 0.6 is 23.2 Å². The van der Waals surface area contributed by atoms with Crippen LogP contribution in [0.5, 0.6) is 0 Å². The summed E-state index contributed by atoms with van der Waals surface area (Å²) >= 11 is 11.8. The molecule has 0 saturated heterocycles. The molecule has 0 aliphatic carbocycles. The van der Waals surface area contributed by atoms with Crippen LogP contribution < -0.4 is 0 Å². The molecule has 0 fully saturated rings. The van der Waals surface area contributed by atoms with Crippen LogP contribution in [0.1, 0.15) is 0 Å². The van der Waals surface area contributed by atoms with E-state index >= 15 is 0 Å². The number of halogens is 2. The predicted octanol–water partition coefficient (Wildman–Crippen LogP) is 1.98. The van der Waals surface area contributed by atoms with Crippen LogP contribution in [0, 0.1) is 0 Å². The average Bonchev–Trinajstić information content (AvgIpc) is 2.68. The van der Waals surface area contributed by atoms with Crippen molar-refractivity contribution in [3.8, 4) is 0 Å². The van der Waals surface area contributed by atoms with Gasteiger partial charge in [0.15, 0.2) is 0 Å². The molecule has 0 aliphatic rings. The first-order valence-electron chi connectivity index (χ1n) is 4.08. The maximum absolute atomic E-state index is 5.92. The van der Waals surface area contributed by atoms with Crippen LogP contribution in [0.4, 0.5) is 0 Å². The molecule has 0 amide bonds. The fraction of sp³-hybridized carbons (Fsp3) is 0. The quantitative estimate of drug-likeness (QED) is 0.602. The van der Waals surface area contributed by atoms with E-state index < -0.39 is 0 Å². The van der Waals surface area contributed by atoms with Crippen molar-refractivity contribution in [2.75, 3.05) is 0 Å². The fourth-order valence-electron chi connectivity index (χ4n) is 1.40. The number of benzene rings is 1. The van der Waals surface area contributed by atoms with Gasteiger partial charge in [-0.25, -0.2) is 0 Å². The molecule has 7 heteroatoms. The van der Waals surface area contributed by atoms with Gasteiger partial charge in [0.05, 0.1) is 16.2 Å². The van der Waals surface area contributed by atoms with Crippen LogP contribution in [0.3, 0.4) is 0 Å². The lowest BCUT2D eigenvalue weighted by molar-refractivity contribution is 0.736. The van der Waals surface area contributed by atoms with Gasteiger partial charge in [-0.2, -0.15) is 5.10 Å². The van der Waals surface area contributed by atoms with Gasteiger partial charge in [0.2, 0.25) is 5.65 Å². The molecule has 3 rings (SSSR count). The molecule has 0 atom stereocenters. The summed E-state index contributed by atoms with van der Waals surface area (Å²) < 4.78 is 1.34. The molecule has 1 aromatic carbocycles. The first kappa shape index (κ1) is 8.82. The van der Waals surface area contributed by atoms with Gasteiger partial charge in [0, 0.05) is 10.8 Å². The molecular weight excluding hydrogens is 237 g/mol. The van der Waals surface area contributed by atoms with Gasteiger partial charge in [-0.15, -0.1) is 9.73 Å². The highest BCUT2D eigenvalue weighted by atomic mass is 35.5.